The van der Waals surface area contributed by atoms with Gasteiger partial charge < -0.3 is 10.4 Å². The van der Waals surface area contributed by atoms with Gasteiger partial charge in [-0.1, -0.05) is 33.1 Å². The number of hydrogen-bond donors (Lipinski definition) is 2. The van der Waals surface area contributed by atoms with E-state index in [-0.39, 0.29) is 12.0 Å². The quantitative estimate of drug-likeness (QED) is 0.758. The highest BCUT2D eigenvalue weighted by Gasteiger charge is 2.24. The van der Waals surface area contributed by atoms with Crippen molar-refractivity contribution < 1.29 is 9.90 Å². The third kappa shape index (κ3) is 3.78. The minimum absolute atomic E-state index is 0.0617. The standard InChI is InChI=1S/C13H25NO2/c1-9-6-4-5-7-12(9)8-14-11(3)10(2)13(15)16/h9-12,14H,4-8H2,1-3H3,(H,15,16). The first-order chi connectivity index (χ1) is 7.52. The molecule has 1 aliphatic carbocycles. The van der Waals surface area contributed by atoms with Crippen LogP contribution in [0.25, 0.3) is 0 Å². The molecule has 0 saturated heterocycles. The fourth-order valence-electron chi connectivity index (χ4n) is 2.42. The van der Waals surface area contributed by atoms with Crippen LogP contribution in [-0.2, 0) is 4.79 Å². The van der Waals surface area contributed by atoms with E-state index in [9.17, 15) is 4.79 Å². The fourth-order valence-corrected chi connectivity index (χ4v) is 2.42. The lowest BCUT2D eigenvalue weighted by Gasteiger charge is -2.30. The van der Waals surface area contributed by atoms with Crippen molar-refractivity contribution in [3.05, 3.63) is 0 Å². The van der Waals surface area contributed by atoms with Gasteiger partial charge in [0.25, 0.3) is 0 Å². The van der Waals surface area contributed by atoms with Crippen LogP contribution in [0.3, 0.4) is 0 Å². The second-order valence-corrected chi connectivity index (χ2v) is 5.35. The van der Waals surface area contributed by atoms with Crippen molar-refractivity contribution in [3.8, 4) is 0 Å². The van der Waals surface area contributed by atoms with Crippen LogP contribution in [0.2, 0.25) is 0 Å². The summed E-state index contributed by atoms with van der Waals surface area (Å²) in [7, 11) is 0. The highest BCUT2D eigenvalue weighted by Crippen LogP contribution is 2.29. The van der Waals surface area contributed by atoms with Crippen molar-refractivity contribution in [2.45, 2.75) is 52.5 Å². The molecule has 4 atom stereocenters. The van der Waals surface area contributed by atoms with Crippen molar-refractivity contribution in [2.24, 2.45) is 17.8 Å². The monoisotopic (exact) mass is 227 g/mol. The third-order valence-corrected chi connectivity index (χ3v) is 4.13. The lowest BCUT2D eigenvalue weighted by Crippen LogP contribution is -2.40. The maximum Gasteiger partial charge on any atom is 0.307 e. The molecular formula is C13H25NO2. The van der Waals surface area contributed by atoms with Crippen LogP contribution in [-0.4, -0.2) is 23.7 Å². The molecule has 0 aliphatic heterocycles. The van der Waals surface area contributed by atoms with E-state index < -0.39 is 5.97 Å². The Morgan fingerprint density at radius 2 is 2.00 bits per heavy atom. The SMILES string of the molecule is CC1CCCCC1CNC(C)C(C)C(=O)O. The molecule has 0 amide bonds. The predicted octanol–water partition coefficient (Wildman–Crippen LogP) is 2.51. The summed E-state index contributed by atoms with van der Waals surface area (Å²) in [4.78, 5) is 10.8. The Hall–Kier alpha value is -0.570. The molecule has 0 heterocycles. The Morgan fingerprint density at radius 1 is 1.38 bits per heavy atom. The molecule has 0 aromatic carbocycles. The summed E-state index contributed by atoms with van der Waals surface area (Å²) in [6.45, 7) is 7.02. The van der Waals surface area contributed by atoms with Crippen LogP contribution >= 0.6 is 0 Å². The summed E-state index contributed by atoms with van der Waals surface area (Å²) >= 11 is 0. The highest BCUT2D eigenvalue weighted by molar-refractivity contribution is 5.70. The summed E-state index contributed by atoms with van der Waals surface area (Å²) in [6, 6.07) is 0.0617. The first-order valence-electron chi connectivity index (χ1n) is 6.48. The van der Waals surface area contributed by atoms with E-state index in [4.69, 9.17) is 5.11 Å². The first kappa shape index (κ1) is 13.5. The van der Waals surface area contributed by atoms with E-state index in [2.05, 4.69) is 12.2 Å². The Bertz CT molecular complexity index is 230. The van der Waals surface area contributed by atoms with Crippen LogP contribution in [0.5, 0.6) is 0 Å². The van der Waals surface area contributed by atoms with Gasteiger partial charge in [-0.2, -0.15) is 0 Å². The lowest BCUT2D eigenvalue weighted by atomic mass is 9.80. The van der Waals surface area contributed by atoms with Crippen LogP contribution in [0, 0.1) is 17.8 Å². The molecule has 1 fully saturated rings. The van der Waals surface area contributed by atoms with Gasteiger partial charge in [-0.15, -0.1) is 0 Å². The third-order valence-electron chi connectivity index (χ3n) is 4.13. The average molecular weight is 227 g/mol. The first-order valence-corrected chi connectivity index (χ1v) is 6.48. The molecule has 1 aliphatic rings. The van der Waals surface area contributed by atoms with Gasteiger partial charge in [-0.3, -0.25) is 4.79 Å². The van der Waals surface area contributed by atoms with Crippen molar-refractivity contribution in [2.75, 3.05) is 6.54 Å². The Balaban J connectivity index is 2.30. The zero-order valence-electron chi connectivity index (χ0n) is 10.7. The smallest absolute Gasteiger partial charge is 0.307 e. The van der Waals surface area contributed by atoms with E-state index in [1.165, 1.54) is 25.7 Å². The summed E-state index contributed by atoms with van der Waals surface area (Å²) in [5.41, 5.74) is 0. The number of rotatable bonds is 5. The van der Waals surface area contributed by atoms with Crippen molar-refractivity contribution in [3.63, 3.8) is 0 Å². The highest BCUT2D eigenvalue weighted by atomic mass is 16.4. The van der Waals surface area contributed by atoms with Crippen LogP contribution in [0.15, 0.2) is 0 Å². The van der Waals surface area contributed by atoms with Gasteiger partial charge in [0, 0.05) is 6.04 Å². The van der Waals surface area contributed by atoms with Gasteiger partial charge in [0.05, 0.1) is 5.92 Å². The molecule has 0 aromatic heterocycles. The molecule has 16 heavy (non-hydrogen) atoms. The summed E-state index contributed by atoms with van der Waals surface area (Å²) in [5.74, 6) is 0.501. The summed E-state index contributed by atoms with van der Waals surface area (Å²) < 4.78 is 0. The molecule has 0 spiro atoms. The van der Waals surface area contributed by atoms with Gasteiger partial charge in [0.2, 0.25) is 0 Å². The number of carbonyl (C=O) groups is 1. The predicted molar refractivity (Wildman–Crippen MR) is 65.4 cm³/mol. The van der Waals surface area contributed by atoms with E-state index in [1.54, 1.807) is 6.92 Å². The molecule has 2 N–H and O–H groups in total. The van der Waals surface area contributed by atoms with Gasteiger partial charge in [0.1, 0.15) is 0 Å². The van der Waals surface area contributed by atoms with Gasteiger partial charge in [-0.25, -0.2) is 0 Å². The molecule has 3 heteroatoms. The number of aliphatic carboxylic acids is 1. The van der Waals surface area contributed by atoms with Gasteiger partial charge in [0.15, 0.2) is 0 Å². The second kappa shape index (κ2) is 6.24. The second-order valence-electron chi connectivity index (χ2n) is 5.35. The average Bonchev–Trinajstić information content (AvgIpc) is 2.26. The van der Waals surface area contributed by atoms with Crippen LogP contribution in [0.4, 0.5) is 0 Å². The van der Waals surface area contributed by atoms with Gasteiger partial charge >= 0.3 is 5.97 Å². The zero-order chi connectivity index (χ0) is 12.1. The number of carboxylic acid groups (broad SMARTS) is 1. The van der Waals surface area contributed by atoms with Crippen molar-refractivity contribution in [1.29, 1.82) is 0 Å². The molecule has 4 unspecified atom stereocenters. The zero-order valence-corrected chi connectivity index (χ0v) is 10.7. The van der Waals surface area contributed by atoms with Crippen LogP contribution in [0.1, 0.15) is 46.5 Å². The number of carboxylic acids is 1. The summed E-state index contributed by atoms with van der Waals surface area (Å²) in [5, 5.41) is 12.3. The molecule has 0 aromatic rings. The minimum Gasteiger partial charge on any atom is -0.481 e. The molecular weight excluding hydrogens is 202 g/mol. The molecule has 3 nitrogen and oxygen atoms in total. The van der Waals surface area contributed by atoms with E-state index >= 15 is 0 Å². The van der Waals surface area contributed by atoms with Crippen molar-refractivity contribution >= 4 is 5.97 Å². The number of nitrogens with one attached hydrogen (secondary N) is 1. The van der Waals surface area contributed by atoms with Crippen molar-refractivity contribution in [1.82, 2.24) is 5.32 Å². The number of hydrogen-bond acceptors (Lipinski definition) is 2. The molecule has 1 rings (SSSR count). The maximum atomic E-state index is 10.8. The van der Waals surface area contributed by atoms with Crippen LogP contribution < -0.4 is 5.32 Å². The molecule has 0 radical (unpaired) electrons. The summed E-state index contributed by atoms with van der Waals surface area (Å²) in [6.07, 6.45) is 5.32. The van der Waals surface area contributed by atoms with E-state index in [0.29, 0.717) is 0 Å². The van der Waals surface area contributed by atoms with Gasteiger partial charge in [-0.05, 0) is 31.7 Å². The minimum atomic E-state index is -0.711. The largest absolute Gasteiger partial charge is 0.481 e. The Kier molecular flexibility index (Phi) is 5.26. The van der Waals surface area contributed by atoms with E-state index in [1.807, 2.05) is 6.92 Å². The molecule has 1 saturated carbocycles. The van der Waals surface area contributed by atoms with E-state index in [0.717, 1.165) is 18.4 Å². The normalized spacial score (nSPS) is 29.7. The molecule has 0 bridgehead atoms. The topological polar surface area (TPSA) is 49.3 Å². The Morgan fingerprint density at radius 3 is 2.56 bits per heavy atom. The molecule has 94 valence electrons. The lowest BCUT2D eigenvalue weighted by molar-refractivity contribution is -0.141. The maximum absolute atomic E-state index is 10.8. The fraction of sp³-hybridized carbons (Fsp3) is 0.923. The Labute approximate surface area is 98.6 Å².